The SMILES string of the molecule is O=[N+]([O-])c1c(S(=O)(=O)Cl)cnc(OC(F)(F)F)c1C(F)(F)F. The lowest BCUT2D eigenvalue weighted by atomic mass is 10.2. The lowest BCUT2D eigenvalue weighted by Gasteiger charge is -2.15. The molecule has 0 amide bonds. The van der Waals surface area contributed by atoms with Crippen molar-refractivity contribution in [2.75, 3.05) is 0 Å². The van der Waals surface area contributed by atoms with Crippen LogP contribution in [0.3, 0.4) is 0 Å². The summed E-state index contributed by atoms with van der Waals surface area (Å²) < 4.78 is 99.4. The van der Waals surface area contributed by atoms with Crippen LogP contribution in [0.2, 0.25) is 0 Å². The molecule has 0 saturated heterocycles. The molecule has 1 aromatic rings. The number of nitrogens with zero attached hydrogens (tertiary/aromatic N) is 2. The predicted octanol–water partition coefficient (Wildman–Crippen LogP) is 2.83. The highest BCUT2D eigenvalue weighted by molar-refractivity contribution is 8.13. The molecule has 0 bridgehead atoms. The van der Waals surface area contributed by atoms with Crippen molar-refractivity contribution in [3.63, 3.8) is 0 Å². The Morgan fingerprint density at radius 2 is 1.73 bits per heavy atom. The summed E-state index contributed by atoms with van der Waals surface area (Å²) >= 11 is 0. The lowest BCUT2D eigenvalue weighted by molar-refractivity contribution is -0.391. The fourth-order valence-corrected chi connectivity index (χ4v) is 2.19. The van der Waals surface area contributed by atoms with Gasteiger partial charge in [-0.1, -0.05) is 0 Å². The summed E-state index contributed by atoms with van der Waals surface area (Å²) in [5.41, 5.74) is -4.85. The fourth-order valence-electron chi connectivity index (χ4n) is 1.27. The van der Waals surface area contributed by atoms with E-state index in [9.17, 15) is 44.9 Å². The van der Waals surface area contributed by atoms with E-state index in [1.54, 1.807) is 0 Å². The van der Waals surface area contributed by atoms with Crippen LogP contribution in [0.1, 0.15) is 5.56 Å². The van der Waals surface area contributed by atoms with Gasteiger partial charge < -0.3 is 4.74 Å². The average Bonchev–Trinajstić information content (AvgIpc) is 2.22. The van der Waals surface area contributed by atoms with Gasteiger partial charge in [0.2, 0.25) is 5.88 Å². The van der Waals surface area contributed by atoms with Crippen LogP contribution in [0.25, 0.3) is 0 Å². The Morgan fingerprint density at radius 3 is 2.05 bits per heavy atom. The zero-order valence-corrected chi connectivity index (χ0v) is 11.1. The van der Waals surface area contributed by atoms with E-state index in [1.165, 1.54) is 0 Å². The highest BCUT2D eigenvalue weighted by atomic mass is 35.7. The summed E-state index contributed by atoms with van der Waals surface area (Å²) in [5, 5.41) is 10.7. The molecule has 124 valence electrons. The fraction of sp³-hybridized carbons (Fsp3) is 0.286. The largest absolute Gasteiger partial charge is 0.574 e. The number of hydrogen-bond donors (Lipinski definition) is 0. The van der Waals surface area contributed by atoms with Crippen LogP contribution in [-0.4, -0.2) is 24.7 Å². The van der Waals surface area contributed by atoms with Crippen LogP contribution in [0.5, 0.6) is 5.88 Å². The van der Waals surface area contributed by atoms with Crippen molar-refractivity contribution in [1.29, 1.82) is 0 Å². The Hall–Kier alpha value is -1.83. The number of nitro groups is 1. The number of rotatable bonds is 3. The Morgan fingerprint density at radius 1 is 1.23 bits per heavy atom. The van der Waals surface area contributed by atoms with Gasteiger partial charge in [-0.05, 0) is 0 Å². The highest BCUT2D eigenvalue weighted by Gasteiger charge is 2.49. The second-order valence-electron chi connectivity index (χ2n) is 3.39. The van der Waals surface area contributed by atoms with Gasteiger partial charge in [-0.2, -0.15) is 13.2 Å². The first-order valence-electron chi connectivity index (χ1n) is 4.59. The molecule has 1 heterocycles. The molecule has 0 aliphatic rings. The third-order valence-corrected chi connectivity index (χ3v) is 3.25. The van der Waals surface area contributed by atoms with Crippen LogP contribution in [-0.2, 0) is 15.2 Å². The maximum atomic E-state index is 12.8. The summed E-state index contributed by atoms with van der Waals surface area (Å²) in [6.07, 6.45) is -11.6. The summed E-state index contributed by atoms with van der Waals surface area (Å²) in [6.45, 7) is 0. The molecule has 0 unspecified atom stereocenters. The molecule has 0 radical (unpaired) electrons. The maximum absolute atomic E-state index is 12.8. The van der Waals surface area contributed by atoms with Gasteiger partial charge in [0.05, 0.1) is 11.1 Å². The minimum Gasteiger partial charge on any atom is -0.387 e. The van der Waals surface area contributed by atoms with Crippen molar-refractivity contribution < 1.29 is 44.4 Å². The first kappa shape index (κ1) is 18.2. The maximum Gasteiger partial charge on any atom is 0.574 e. The molecule has 0 aliphatic carbocycles. The summed E-state index contributed by atoms with van der Waals surface area (Å²) in [5.74, 6) is -2.23. The molecule has 0 fully saturated rings. The molecule has 0 aliphatic heterocycles. The van der Waals surface area contributed by atoms with Crippen LogP contribution >= 0.6 is 10.7 Å². The van der Waals surface area contributed by atoms with Gasteiger partial charge in [0.15, 0.2) is 10.5 Å². The van der Waals surface area contributed by atoms with Crippen LogP contribution < -0.4 is 4.74 Å². The van der Waals surface area contributed by atoms with E-state index >= 15 is 0 Å². The minimum atomic E-state index is -5.77. The number of alkyl halides is 6. The molecule has 7 nitrogen and oxygen atoms in total. The molecule has 15 heteroatoms. The van der Waals surface area contributed by atoms with E-state index in [0.717, 1.165) is 0 Å². The number of aromatic nitrogens is 1. The molecule has 1 aromatic heterocycles. The Bertz CT molecular complexity index is 715. The van der Waals surface area contributed by atoms with E-state index in [-0.39, 0.29) is 6.20 Å². The van der Waals surface area contributed by atoms with E-state index in [2.05, 4.69) is 9.72 Å². The van der Waals surface area contributed by atoms with E-state index < -0.39 is 48.5 Å². The van der Waals surface area contributed by atoms with Crippen molar-refractivity contribution in [1.82, 2.24) is 4.98 Å². The zero-order chi connectivity index (χ0) is 17.5. The van der Waals surface area contributed by atoms with E-state index in [1.807, 2.05) is 0 Å². The Balaban J connectivity index is 3.86. The number of halogens is 7. The van der Waals surface area contributed by atoms with E-state index in [4.69, 9.17) is 10.7 Å². The molecule has 0 aromatic carbocycles. The van der Waals surface area contributed by atoms with Gasteiger partial charge in [-0.15, -0.1) is 13.2 Å². The quantitative estimate of drug-likeness (QED) is 0.349. The third kappa shape index (κ3) is 4.09. The average molecular weight is 375 g/mol. The number of ether oxygens (including phenoxy) is 1. The van der Waals surface area contributed by atoms with Gasteiger partial charge in [-0.25, -0.2) is 13.4 Å². The summed E-state index contributed by atoms with van der Waals surface area (Å²) in [6, 6.07) is 0. The van der Waals surface area contributed by atoms with Gasteiger partial charge in [-0.3, -0.25) is 10.1 Å². The van der Waals surface area contributed by atoms with E-state index in [0.29, 0.717) is 0 Å². The first-order valence-corrected chi connectivity index (χ1v) is 6.90. The summed E-state index contributed by atoms with van der Waals surface area (Å²) in [4.78, 5) is 9.60. The highest BCUT2D eigenvalue weighted by Crippen LogP contribution is 2.45. The van der Waals surface area contributed by atoms with Crippen molar-refractivity contribution in [3.8, 4) is 5.88 Å². The molecule has 0 spiro atoms. The molecule has 1 rings (SSSR count). The molecule has 22 heavy (non-hydrogen) atoms. The first-order chi connectivity index (χ1) is 9.64. The molecule has 0 atom stereocenters. The summed E-state index contributed by atoms with van der Waals surface area (Å²) in [7, 11) is -0.378. The van der Waals surface area contributed by atoms with Crippen molar-refractivity contribution >= 4 is 25.4 Å². The van der Waals surface area contributed by atoms with Crippen molar-refractivity contribution in [3.05, 3.63) is 21.9 Å². The third-order valence-electron chi connectivity index (χ3n) is 1.92. The topological polar surface area (TPSA) is 99.4 Å². The molecular formula is C7HClF6N2O5S. The second kappa shape index (κ2) is 5.42. The minimum absolute atomic E-state index is 0.142. The predicted molar refractivity (Wildman–Crippen MR) is 55.6 cm³/mol. The van der Waals surface area contributed by atoms with Crippen LogP contribution in [0.15, 0.2) is 11.1 Å². The molecule has 0 N–H and O–H groups in total. The standard InChI is InChI=1S/C7HClF6N2O5S/c8-22(19,20)2-1-15-5(21-7(12,13)14)3(6(9,10)11)4(2)16(17)18/h1H. The monoisotopic (exact) mass is 374 g/mol. The van der Waals surface area contributed by atoms with Gasteiger partial charge in [0, 0.05) is 10.7 Å². The van der Waals surface area contributed by atoms with Crippen molar-refractivity contribution in [2.45, 2.75) is 17.4 Å². The van der Waals surface area contributed by atoms with Gasteiger partial charge in [0.1, 0.15) is 0 Å². The lowest BCUT2D eigenvalue weighted by Crippen LogP contribution is -2.22. The number of hydrogen-bond acceptors (Lipinski definition) is 6. The van der Waals surface area contributed by atoms with Crippen LogP contribution in [0.4, 0.5) is 32.0 Å². The normalized spacial score (nSPS) is 13.0. The number of pyridine rings is 1. The van der Waals surface area contributed by atoms with Crippen LogP contribution in [0, 0.1) is 10.1 Å². The van der Waals surface area contributed by atoms with Gasteiger partial charge in [0.25, 0.3) is 9.05 Å². The van der Waals surface area contributed by atoms with Gasteiger partial charge >= 0.3 is 18.2 Å². The zero-order valence-electron chi connectivity index (χ0n) is 9.57. The Kier molecular flexibility index (Phi) is 4.49. The van der Waals surface area contributed by atoms with Crippen molar-refractivity contribution in [2.24, 2.45) is 0 Å². The second-order valence-corrected chi connectivity index (χ2v) is 5.93. The molecule has 0 saturated carbocycles. The Labute approximate surface area is 121 Å². The smallest absolute Gasteiger partial charge is 0.387 e. The molecular weight excluding hydrogens is 374 g/mol.